The van der Waals surface area contributed by atoms with Crippen LogP contribution in [0.25, 0.3) is 0 Å². The molecule has 0 radical (unpaired) electrons. The van der Waals surface area contributed by atoms with Crippen molar-refractivity contribution in [2.45, 2.75) is 32.2 Å². The fraction of sp³-hybridized carbons (Fsp3) is 0.571. The first kappa shape index (κ1) is 14.4. The molecule has 0 bridgehead atoms. The topological polar surface area (TPSA) is 35.2 Å². The lowest BCUT2D eigenvalue weighted by molar-refractivity contribution is 0.407. The molecule has 1 atom stereocenters. The highest BCUT2D eigenvalue weighted by Crippen LogP contribution is 2.29. The van der Waals surface area contributed by atoms with Gasteiger partial charge in [0.25, 0.3) is 0 Å². The Kier molecular flexibility index (Phi) is 5.86. The summed E-state index contributed by atoms with van der Waals surface area (Å²) in [7, 11) is 1.72. The fourth-order valence-corrected chi connectivity index (χ4v) is 2.34. The van der Waals surface area contributed by atoms with Crippen LogP contribution in [0.15, 0.2) is 18.2 Å². The molecule has 0 aliphatic heterocycles. The lowest BCUT2D eigenvalue weighted by Gasteiger charge is -2.17. The summed E-state index contributed by atoms with van der Waals surface area (Å²) in [5.41, 5.74) is 8.64. The van der Waals surface area contributed by atoms with Crippen molar-refractivity contribution in [1.82, 2.24) is 0 Å². The van der Waals surface area contributed by atoms with E-state index in [0.717, 1.165) is 17.9 Å². The zero-order valence-corrected chi connectivity index (χ0v) is 12.0. The summed E-state index contributed by atoms with van der Waals surface area (Å²) in [6.07, 6.45) is 3.13. The summed E-state index contributed by atoms with van der Waals surface area (Å²) in [6, 6.07) is 6.43. The van der Waals surface area contributed by atoms with Gasteiger partial charge >= 0.3 is 0 Å². The molecule has 0 amide bonds. The Morgan fingerprint density at radius 3 is 2.59 bits per heavy atom. The Bertz CT molecular complexity index is 352. The van der Waals surface area contributed by atoms with E-state index in [9.17, 15) is 0 Å². The summed E-state index contributed by atoms with van der Waals surface area (Å²) < 4.78 is 5.38. The summed E-state index contributed by atoms with van der Waals surface area (Å²) in [6.45, 7) is 4.35. The molecule has 17 heavy (non-hydrogen) atoms. The average molecular weight is 253 g/mol. The molecule has 1 rings (SSSR count). The Morgan fingerprint density at radius 1 is 1.35 bits per heavy atom. The van der Waals surface area contributed by atoms with Gasteiger partial charge in [-0.2, -0.15) is 11.8 Å². The Labute approximate surface area is 109 Å². The summed E-state index contributed by atoms with van der Waals surface area (Å²) in [4.78, 5) is 0. The van der Waals surface area contributed by atoms with Gasteiger partial charge in [-0.05, 0) is 41.5 Å². The summed E-state index contributed by atoms with van der Waals surface area (Å²) in [5, 5.41) is 0. The lowest BCUT2D eigenvalue weighted by Crippen LogP contribution is -2.12. The number of thioether (sulfide) groups is 1. The van der Waals surface area contributed by atoms with Gasteiger partial charge in [-0.15, -0.1) is 0 Å². The number of methoxy groups -OCH3 is 1. The second-order valence-electron chi connectivity index (χ2n) is 4.54. The zero-order valence-electron chi connectivity index (χ0n) is 11.2. The smallest absolute Gasteiger partial charge is 0.122 e. The molecule has 0 aromatic heterocycles. The maximum atomic E-state index is 6.19. The Hall–Kier alpha value is -0.670. The first-order valence-electron chi connectivity index (χ1n) is 6.02. The molecule has 1 unspecified atom stereocenters. The van der Waals surface area contributed by atoms with Crippen LogP contribution >= 0.6 is 11.8 Å². The first-order valence-corrected chi connectivity index (χ1v) is 7.41. The standard InChI is InChI=1S/C14H23NOS/c1-10(2)12-9-11(5-6-14(12)16-3)13(15)7-8-17-4/h5-6,9-10,13H,7-8,15H2,1-4H3. The molecule has 1 aromatic carbocycles. The van der Waals surface area contributed by atoms with Crippen LogP contribution in [0.2, 0.25) is 0 Å². The van der Waals surface area contributed by atoms with E-state index in [2.05, 4.69) is 32.2 Å². The number of hydrogen-bond donors (Lipinski definition) is 1. The number of benzene rings is 1. The predicted molar refractivity (Wildman–Crippen MR) is 77.0 cm³/mol. The van der Waals surface area contributed by atoms with Crippen LogP contribution in [0.5, 0.6) is 5.75 Å². The van der Waals surface area contributed by atoms with Crippen LogP contribution in [-0.4, -0.2) is 19.1 Å². The minimum absolute atomic E-state index is 0.130. The minimum atomic E-state index is 0.130. The number of nitrogens with two attached hydrogens (primary N) is 1. The maximum absolute atomic E-state index is 6.19. The van der Waals surface area contributed by atoms with Gasteiger partial charge in [0.1, 0.15) is 5.75 Å². The van der Waals surface area contributed by atoms with Crippen molar-refractivity contribution in [3.05, 3.63) is 29.3 Å². The average Bonchev–Trinajstić information content (AvgIpc) is 2.34. The maximum Gasteiger partial charge on any atom is 0.122 e. The third-order valence-corrected chi connectivity index (χ3v) is 3.58. The van der Waals surface area contributed by atoms with Crippen molar-refractivity contribution in [1.29, 1.82) is 0 Å². The van der Waals surface area contributed by atoms with E-state index < -0.39 is 0 Å². The van der Waals surface area contributed by atoms with E-state index in [0.29, 0.717) is 5.92 Å². The molecule has 0 aliphatic carbocycles. The number of hydrogen-bond acceptors (Lipinski definition) is 3. The third kappa shape index (κ3) is 3.93. The van der Waals surface area contributed by atoms with Crippen molar-refractivity contribution < 1.29 is 4.74 Å². The monoisotopic (exact) mass is 253 g/mol. The lowest BCUT2D eigenvalue weighted by atomic mass is 9.96. The summed E-state index contributed by atoms with van der Waals surface area (Å²) >= 11 is 1.84. The fourth-order valence-electron chi connectivity index (χ4n) is 1.85. The molecule has 2 N–H and O–H groups in total. The molecule has 0 spiro atoms. The number of ether oxygens (including phenoxy) is 1. The third-order valence-electron chi connectivity index (χ3n) is 2.94. The molecular formula is C14H23NOS. The van der Waals surface area contributed by atoms with Crippen LogP contribution in [0.1, 0.15) is 43.4 Å². The highest BCUT2D eigenvalue weighted by Gasteiger charge is 2.12. The largest absolute Gasteiger partial charge is 0.496 e. The van der Waals surface area contributed by atoms with Gasteiger partial charge < -0.3 is 10.5 Å². The molecule has 0 heterocycles. The Balaban J connectivity index is 2.91. The van der Waals surface area contributed by atoms with Crippen molar-refractivity contribution in [2.75, 3.05) is 19.1 Å². The molecule has 0 saturated heterocycles. The van der Waals surface area contributed by atoms with Gasteiger partial charge in [-0.3, -0.25) is 0 Å². The predicted octanol–water partition coefficient (Wildman–Crippen LogP) is 3.57. The second kappa shape index (κ2) is 6.92. The molecular weight excluding hydrogens is 230 g/mol. The van der Waals surface area contributed by atoms with Gasteiger partial charge in [-0.25, -0.2) is 0 Å². The minimum Gasteiger partial charge on any atom is -0.496 e. The van der Waals surface area contributed by atoms with Gasteiger partial charge in [0.15, 0.2) is 0 Å². The van der Waals surface area contributed by atoms with Crippen molar-refractivity contribution in [3.8, 4) is 5.75 Å². The van der Waals surface area contributed by atoms with Gasteiger partial charge in [-0.1, -0.05) is 26.0 Å². The normalized spacial score (nSPS) is 12.8. The van der Waals surface area contributed by atoms with Crippen LogP contribution < -0.4 is 10.5 Å². The molecule has 0 saturated carbocycles. The first-order chi connectivity index (χ1) is 8.10. The second-order valence-corrected chi connectivity index (χ2v) is 5.53. The molecule has 2 nitrogen and oxygen atoms in total. The van der Waals surface area contributed by atoms with Gasteiger partial charge in [0, 0.05) is 6.04 Å². The van der Waals surface area contributed by atoms with Gasteiger partial charge in [0.2, 0.25) is 0 Å². The quantitative estimate of drug-likeness (QED) is 0.841. The van der Waals surface area contributed by atoms with E-state index in [1.54, 1.807) is 7.11 Å². The van der Waals surface area contributed by atoms with Crippen LogP contribution in [0.4, 0.5) is 0 Å². The number of rotatable bonds is 6. The van der Waals surface area contributed by atoms with E-state index in [-0.39, 0.29) is 6.04 Å². The summed E-state index contributed by atoms with van der Waals surface area (Å²) in [5.74, 6) is 2.52. The molecule has 96 valence electrons. The highest BCUT2D eigenvalue weighted by molar-refractivity contribution is 7.98. The van der Waals surface area contributed by atoms with Crippen molar-refractivity contribution in [2.24, 2.45) is 5.73 Å². The van der Waals surface area contributed by atoms with Gasteiger partial charge in [0.05, 0.1) is 7.11 Å². The Morgan fingerprint density at radius 2 is 2.06 bits per heavy atom. The SMILES string of the molecule is COc1ccc(C(N)CCSC)cc1C(C)C. The highest BCUT2D eigenvalue weighted by atomic mass is 32.2. The van der Waals surface area contributed by atoms with Crippen LogP contribution in [0, 0.1) is 0 Å². The molecule has 1 aromatic rings. The van der Waals surface area contributed by atoms with E-state index in [1.165, 1.54) is 11.1 Å². The molecule has 0 fully saturated rings. The van der Waals surface area contributed by atoms with E-state index in [4.69, 9.17) is 10.5 Å². The van der Waals surface area contributed by atoms with Crippen LogP contribution in [-0.2, 0) is 0 Å². The molecule has 3 heteroatoms. The van der Waals surface area contributed by atoms with Crippen LogP contribution in [0.3, 0.4) is 0 Å². The molecule has 0 aliphatic rings. The van der Waals surface area contributed by atoms with E-state index in [1.807, 2.05) is 17.8 Å². The van der Waals surface area contributed by atoms with Crippen molar-refractivity contribution >= 4 is 11.8 Å². The van der Waals surface area contributed by atoms with Crippen molar-refractivity contribution in [3.63, 3.8) is 0 Å². The van der Waals surface area contributed by atoms with E-state index >= 15 is 0 Å². The zero-order chi connectivity index (χ0) is 12.8.